The molecular weight excluding hydrogens is 214 g/mol. The third-order valence-electron chi connectivity index (χ3n) is 1.88. The number of rotatable bonds is 4. The van der Waals surface area contributed by atoms with Crippen LogP contribution in [0.2, 0.25) is 0 Å². The van der Waals surface area contributed by atoms with Crippen LogP contribution in [-0.2, 0) is 0 Å². The molecule has 1 aromatic heterocycles. The summed E-state index contributed by atoms with van der Waals surface area (Å²) in [6.45, 7) is 0.809. The van der Waals surface area contributed by atoms with Crippen molar-refractivity contribution >= 4 is 5.91 Å². The Morgan fingerprint density at radius 3 is 2.81 bits per heavy atom. The number of hydrogen-bond acceptors (Lipinski definition) is 5. The summed E-state index contributed by atoms with van der Waals surface area (Å²) in [7, 11) is 0. The summed E-state index contributed by atoms with van der Waals surface area (Å²) in [5.41, 5.74) is -1.75. The van der Waals surface area contributed by atoms with E-state index < -0.39 is 23.7 Å². The monoisotopic (exact) mass is 227 g/mol. The van der Waals surface area contributed by atoms with Gasteiger partial charge in [0.25, 0.3) is 11.5 Å². The van der Waals surface area contributed by atoms with Crippen LogP contribution >= 0.6 is 0 Å². The van der Waals surface area contributed by atoms with Crippen LogP contribution < -0.4 is 10.9 Å². The first-order valence-corrected chi connectivity index (χ1v) is 4.62. The SMILES string of the molecule is CC(O)(CO)CNC(=O)c1ccc(=O)[nH]n1. The van der Waals surface area contributed by atoms with E-state index in [1.54, 1.807) is 0 Å². The largest absolute Gasteiger partial charge is 0.393 e. The van der Waals surface area contributed by atoms with Gasteiger partial charge in [-0.25, -0.2) is 5.10 Å². The summed E-state index contributed by atoms with van der Waals surface area (Å²) in [5, 5.41) is 26.2. The molecule has 1 aromatic rings. The Kier molecular flexibility index (Phi) is 3.75. The molecule has 1 amide bonds. The van der Waals surface area contributed by atoms with Crippen LogP contribution in [0.15, 0.2) is 16.9 Å². The fourth-order valence-corrected chi connectivity index (χ4v) is 0.888. The quantitative estimate of drug-likeness (QED) is 0.486. The topological polar surface area (TPSA) is 115 Å². The van der Waals surface area contributed by atoms with Gasteiger partial charge in [0, 0.05) is 12.6 Å². The standard InChI is InChI=1S/C9H13N3O4/c1-9(16,5-13)4-10-8(15)6-2-3-7(14)12-11-6/h2-3,13,16H,4-5H2,1H3,(H,10,15)(H,12,14). The number of aromatic nitrogens is 2. The summed E-state index contributed by atoms with van der Waals surface area (Å²) in [5.74, 6) is -0.537. The lowest BCUT2D eigenvalue weighted by Crippen LogP contribution is -2.43. The van der Waals surface area contributed by atoms with Gasteiger partial charge in [-0.15, -0.1) is 0 Å². The van der Waals surface area contributed by atoms with Gasteiger partial charge in [-0.1, -0.05) is 0 Å². The van der Waals surface area contributed by atoms with Crippen molar-refractivity contribution < 1.29 is 15.0 Å². The Labute approximate surface area is 91.1 Å². The molecule has 4 N–H and O–H groups in total. The maximum absolute atomic E-state index is 11.4. The highest BCUT2D eigenvalue weighted by Gasteiger charge is 2.20. The van der Waals surface area contributed by atoms with E-state index in [9.17, 15) is 14.7 Å². The molecule has 0 fully saturated rings. The molecule has 0 aromatic carbocycles. The highest BCUT2D eigenvalue weighted by Crippen LogP contribution is 1.99. The van der Waals surface area contributed by atoms with Crippen molar-refractivity contribution in [3.8, 4) is 0 Å². The van der Waals surface area contributed by atoms with Crippen LogP contribution in [0.5, 0.6) is 0 Å². The number of nitrogens with one attached hydrogen (secondary N) is 2. The molecule has 0 bridgehead atoms. The molecule has 0 aliphatic rings. The highest BCUT2D eigenvalue weighted by atomic mass is 16.3. The van der Waals surface area contributed by atoms with Crippen molar-refractivity contribution in [2.75, 3.05) is 13.2 Å². The first-order valence-electron chi connectivity index (χ1n) is 4.62. The molecule has 0 saturated heterocycles. The molecule has 1 unspecified atom stereocenters. The minimum Gasteiger partial charge on any atom is -0.393 e. The van der Waals surface area contributed by atoms with Crippen molar-refractivity contribution in [1.82, 2.24) is 15.5 Å². The van der Waals surface area contributed by atoms with Gasteiger partial charge in [0.15, 0.2) is 0 Å². The summed E-state index contributed by atoms with van der Waals surface area (Å²) in [6, 6.07) is 2.44. The van der Waals surface area contributed by atoms with Crippen LogP contribution in [0.4, 0.5) is 0 Å². The average Bonchev–Trinajstić information content (AvgIpc) is 2.27. The number of aliphatic hydroxyl groups is 2. The third-order valence-corrected chi connectivity index (χ3v) is 1.88. The zero-order chi connectivity index (χ0) is 12.2. The number of aliphatic hydroxyl groups excluding tert-OH is 1. The van der Waals surface area contributed by atoms with Crippen molar-refractivity contribution in [2.24, 2.45) is 0 Å². The second-order valence-corrected chi connectivity index (χ2v) is 3.64. The summed E-state index contributed by atoms with van der Waals surface area (Å²) in [6.07, 6.45) is 0. The molecule has 7 nitrogen and oxygen atoms in total. The number of amides is 1. The molecule has 1 atom stereocenters. The van der Waals surface area contributed by atoms with E-state index in [0.717, 1.165) is 0 Å². The van der Waals surface area contributed by atoms with Gasteiger partial charge in [0.1, 0.15) is 11.3 Å². The molecular formula is C9H13N3O4. The van der Waals surface area contributed by atoms with Gasteiger partial charge in [0.2, 0.25) is 0 Å². The van der Waals surface area contributed by atoms with Crippen LogP contribution in [0.3, 0.4) is 0 Å². The number of carbonyl (C=O) groups excluding carboxylic acids is 1. The Bertz CT molecular complexity index is 407. The average molecular weight is 227 g/mol. The van der Waals surface area contributed by atoms with Crippen LogP contribution in [0.25, 0.3) is 0 Å². The molecule has 0 spiro atoms. The highest BCUT2D eigenvalue weighted by molar-refractivity contribution is 5.91. The van der Waals surface area contributed by atoms with E-state index in [4.69, 9.17) is 5.11 Å². The molecule has 0 radical (unpaired) electrons. The first-order chi connectivity index (χ1) is 7.44. The fraction of sp³-hybridized carbons (Fsp3) is 0.444. The fourth-order valence-electron chi connectivity index (χ4n) is 0.888. The van der Waals surface area contributed by atoms with E-state index in [1.807, 2.05) is 0 Å². The van der Waals surface area contributed by atoms with Crippen LogP contribution in [0, 0.1) is 0 Å². The smallest absolute Gasteiger partial charge is 0.271 e. The van der Waals surface area contributed by atoms with Gasteiger partial charge >= 0.3 is 0 Å². The van der Waals surface area contributed by atoms with E-state index in [2.05, 4.69) is 15.5 Å². The Balaban J connectivity index is 2.60. The number of aromatic amines is 1. The predicted octanol–water partition coefficient (Wildman–Crippen LogP) is -1.76. The lowest BCUT2D eigenvalue weighted by Gasteiger charge is -2.20. The zero-order valence-electron chi connectivity index (χ0n) is 8.73. The number of carbonyl (C=O) groups is 1. The molecule has 88 valence electrons. The summed E-state index contributed by atoms with van der Waals surface area (Å²) in [4.78, 5) is 22.1. The van der Waals surface area contributed by atoms with Crippen LogP contribution in [-0.4, -0.2) is 45.1 Å². The first kappa shape index (κ1) is 12.3. The number of nitrogens with zero attached hydrogens (tertiary/aromatic N) is 1. The predicted molar refractivity (Wildman–Crippen MR) is 54.9 cm³/mol. The minimum atomic E-state index is -1.38. The molecule has 0 aliphatic heterocycles. The van der Waals surface area contributed by atoms with Gasteiger partial charge in [0.05, 0.1) is 6.61 Å². The van der Waals surface area contributed by atoms with Gasteiger partial charge < -0.3 is 15.5 Å². The van der Waals surface area contributed by atoms with Gasteiger partial charge in [-0.2, -0.15) is 5.10 Å². The van der Waals surface area contributed by atoms with Crippen LogP contribution in [0.1, 0.15) is 17.4 Å². The zero-order valence-corrected chi connectivity index (χ0v) is 8.73. The van der Waals surface area contributed by atoms with E-state index in [1.165, 1.54) is 19.1 Å². The minimum absolute atomic E-state index is 0.0355. The maximum Gasteiger partial charge on any atom is 0.271 e. The van der Waals surface area contributed by atoms with Crippen molar-refractivity contribution in [3.05, 3.63) is 28.2 Å². The number of hydrogen-bond donors (Lipinski definition) is 4. The Hall–Kier alpha value is -1.73. The van der Waals surface area contributed by atoms with E-state index >= 15 is 0 Å². The third kappa shape index (κ3) is 3.44. The van der Waals surface area contributed by atoms with Gasteiger partial charge in [-0.3, -0.25) is 9.59 Å². The van der Waals surface area contributed by atoms with E-state index in [0.29, 0.717) is 0 Å². The Morgan fingerprint density at radius 2 is 2.31 bits per heavy atom. The Morgan fingerprint density at radius 1 is 1.62 bits per heavy atom. The molecule has 0 saturated carbocycles. The van der Waals surface area contributed by atoms with Crippen molar-refractivity contribution in [1.29, 1.82) is 0 Å². The lowest BCUT2D eigenvalue weighted by atomic mass is 10.1. The van der Waals surface area contributed by atoms with Gasteiger partial charge in [-0.05, 0) is 13.0 Å². The molecule has 0 aliphatic carbocycles. The summed E-state index contributed by atoms with van der Waals surface area (Å²) >= 11 is 0. The normalized spacial score (nSPS) is 14.2. The molecule has 16 heavy (non-hydrogen) atoms. The maximum atomic E-state index is 11.4. The van der Waals surface area contributed by atoms with Crippen molar-refractivity contribution in [2.45, 2.75) is 12.5 Å². The summed E-state index contributed by atoms with van der Waals surface area (Å²) < 4.78 is 0. The second-order valence-electron chi connectivity index (χ2n) is 3.64. The molecule has 7 heteroatoms. The molecule has 1 heterocycles. The lowest BCUT2D eigenvalue weighted by molar-refractivity contribution is 0.00315. The number of H-pyrrole nitrogens is 1. The van der Waals surface area contributed by atoms with Crippen molar-refractivity contribution in [3.63, 3.8) is 0 Å². The molecule has 1 rings (SSSR count). The second kappa shape index (κ2) is 4.86. The van der Waals surface area contributed by atoms with E-state index in [-0.39, 0.29) is 12.2 Å².